The largest absolute Gasteiger partial charge is 0.322 e. The Hall–Kier alpha value is -2.73. The van der Waals surface area contributed by atoms with Crippen molar-refractivity contribution in [3.63, 3.8) is 0 Å². The van der Waals surface area contributed by atoms with Gasteiger partial charge in [0.2, 0.25) is 0 Å². The van der Waals surface area contributed by atoms with Gasteiger partial charge in [0, 0.05) is 32.7 Å². The molecule has 0 aliphatic carbocycles. The zero-order valence-corrected chi connectivity index (χ0v) is 14.4. The Morgan fingerprint density at radius 3 is 2.27 bits per heavy atom. The number of nitrogens with zero attached hydrogens (tertiary/aromatic N) is 2. The van der Waals surface area contributed by atoms with Crippen LogP contribution in [0, 0.1) is 11.6 Å². The van der Waals surface area contributed by atoms with Crippen LogP contribution in [-0.4, -0.2) is 48.6 Å². The van der Waals surface area contributed by atoms with E-state index in [4.69, 9.17) is 0 Å². The van der Waals surface area contributed by atoms with Crippen LogP contribution in [-0.2, 0) is 0 Å². The summed E-state index contributed by atoms with van der Waals surface area (Å²) in [7, 11) is 0. The minimum absolute atomic E-state index is 0.397. The van der Waals surface area contributed by atoms with Gasteiger partial charge < -0.3 is 10.2 Å². The van der Waals surface area contributed by atoms with Crippen molar-refractivity contribution in [3.05, 3.63) is 71.8 Å². The van der Waals surface area contributed by atoms with Crippen molar-refractivity contribution in [2.45, 2.75) is 0 Å². The molecule has 1 aliphatic heterocycles. The molecule has 26 heavy (non-hydrogen) atoms. The molecule has 1 N–H and O–H groups in total. The molecule has 3 rings (SSSR count). The fraction of sp³-hybridized carbons (Fsp3) is 0.250. The van der Waals surface area contributed by atoms with E-state index in [9.17, 15) is 13.6 Å². The number of rotatable bonds is 4. The molecule has 4 nitrogen and oxygen atoms in total. The Balaban J connectivity index is 1.47. The molecule has 0 bridgehead atoms. The van der Waals surface area contributed by atoms with E-state index in [0.717, 1.165) is 24.2 Å². The van der Waals surface area contributed by atoms with E-state index in [1.54, 1.807) is 4.90 Å². The summed E-state index contributed by atoms with van der Waals surface area (Å²) in [6, 6.07) is 13.1. The van der Waals surface area contributed by atoms with E-state index >= 15 is 0 Å². The van der Waals surface area contributed by atoms with Crippen molar-refractivity contribution < 1.29 is 13.6 Å². The summed E-state index contributed by atoms with van der Waals surface area (Å²) in [6.45, 7) is 3.26. The molecular formula is C20H21F2N3O. The molecule has 0 unspecified atom stereocenters. The van der Waals surface area contributed by atoms with Crippen LogP contribution in [0.4, 0.5) is 19.3 Å². The van der Waals surface area contributed by atoms with Crippen LogP contribution in [0.1, 0.15) is 5.56 Å². The first kappa shape index (κ1) is 18.1. The van der Waals surface area contributed by atoms with Gasteiger partial charge in [-0.15, -0.1) is 0 Å². The number of carbonyl (C=O) groups excluding carboxylic acids is 1. The molecular weight excluding hydrogens is 336 g/mol. The average Bonchev–Trinajstić information content (AvgIpc) is 2.66. The molecule has 1 saturated heterocycles. The number of nitrogens with one attached hydrogen (secondary N) is 1. The quantitative estimate of drug-likeness (QED) is 0.903. The van der Waals surface area contributed by atoms with Crippen LogP contribution < -0.4 is 5.32 Å². The third kappa shape index (κ3) is 4.67. The Morgan fingerprint density at radius 2 is 1.62 bits per heavy atom. The molecule has 0 aromatic heterocycles. The summed E-state index contributed by atoms with van der Waals surface area (Å²) in [5, 5.41) is 2.33. The summed E-state index contributed by atoms with van der Waals surface area (Å²) < 4.78 is 27.3. The lowest BCUT2D eigenvalue weighted by molar-refractivity contribution is 0.155. The van der Waals surface area contributed by atoms with Gasteiger partial charge >= 0.3 is 6.03 Å². The van der Waals surface area contributed by atoms with Crippen molar-refractivity contribution in [1.29, 1.82) is 0 Å². The summed E-state index contributed by atoms with van der Waals surface area (Å²) in [4.78, 5) is 16.0. The summed E-state index contributed by atoms with van der Waals surface area (Å²) in [5.41, 5.74) is 0.753. The van der Waals surface area contributed by atoms with Crippen molar-refractivity contribution in [1.82, 2.24) is 9.80 Å². The van der Waals surface area contributed by atoms with Gasteiger partial charge in [-0.2, -0.15) is 0 Å². The number of urea groups is 1. The molecule has 6 heteroatoms. The number of hydrogen-bond acceptors (Lipinski definition) is 2. The summed E-state index contributed by atoms with van der Waals surface area (Å²) in [5.74, 6) is -1.55. The van der Waals surface area contributed by atoms with E-state index in [2.05, 4.69) is 22.4 Å². The monoisotopic (exact) mass is 357 g/mol. The molecule has 1 heterocycles. The van der Waals surface area contributed by atoms with Crippen LogP contribution in [0.5, 0.6) is 0 Å². The summed E-state index contributed by atoms with van der Waals surface area (Å²) >= 11 is 0. The van der Waals surface area contributed by atoms with E-state index in [1.807, 2.05) is 30.3 Å². The highest BCUT2D eigenvalue weighted by Crippen LogP contribution is 2.18. The highest BCUT2D eigenvalue weighted by Gasteiger charge is 2.22. The topological polar surface area (TPSA) is 35.6 Å². The smallest absolute Gasteiger partial charge is 0.322 e. The van der Waals surface area contributed by atoms with E-state index in [0.29, 0.717) is 26.2 Å². The predicted molar refractivity (Wildman–Crippen MR) is 98.9 cm³/mol. The predicted octanol–water partition coefficient (Wildman–Crippen LogP) is 3.83. The molecule has 0 radical (unpaired) electrons. The lowest BCUT2D eigenvalue weighted by Crippen LogP contribution is -2.50. The number of halogens is 2. The molecule has 0 atom stereocenters. The maximum Gasteiger partial charge on any atom is 0.322 e. The van der Waals surface area contributed by atoms with Crippen molar-refractivity contribution in [3.8, 4) is 0 Å². The molecule has 2 amide bonds. The van der Waals surface area contributed by atoms with Gasteiger partial charge in [0.1, 0.15) is 17.3 Å². The first-order chi connectivity index (χ1) is 12.6. The van der Waals surface area contributed by atoms with Crippen LogP contribution in [0.2, 0.25) is 0 Å². The molecule has 1 fully saturated rings. The number of carbonyl (C=O) groups is 1. The second-order valence-corrected chi connectivity index (χ2v) is 6.13. The first-order valence-electron chi connectivity index (χ1n) is 8.57. The molecule has 0 saturated carbocycles. The lowest BCUT2D eigenvalue weighted by Gasteiger charge is -2.34. The van der Waals surface area contributed by atoms with Gasteiger partial charge in [-0.25, -0.2) is 13.6 Å². The average molecular weight is 357 g/mol. The van der Waals surface area contributed by atoms with Gasteiger partial charge in [-0.1, -0.05) is 48.6 Å². The minimum atomic E-state index is -0.775. The SMILES string of the molecule is O=C(Nc1c(F)cccc1F)N1CCN(CC=Cc2ccccc2)CC1. The Bertz CT molecular complexity index is 752. The third-order valence-corrected chi connectivity index (χ3v) is 4.33. The van der Waals surface area contributed by atoms with E-state index < -0.39 is 23.4 Å². The van der Waals surface area contributed by atoms with Crippen molar-refractivity contribution in [2.24, 2.45) is 0 Å². The minimum Gasteiger partial charge on any atom is -0.322 e. The number of anilines is 1. The lowest BCUT2D eigenvalue weighted by atomic mass is 10.2. The molecule has 2 aromatic carbocycles. The Morgan fingerprint density at radius 1 is 0.962 bits per heavy atom. The normalized spacial score (nSPS) is 15.4. The van der Waals surface area contributed by atoms with Crippen LogP contribution >= 0.6 is 0 Å². The van der Waals surface area contributed by atoms with E-state index in [1.165, 1.54) is 6.07 Å². The van der Waals surface area contributed by atoms with Crippen LogP contribution in [0.15, 0.2) is 54.6 Å². The molecule has 0 spiro atoms. The standard InChI is InChI=1S/C20H21F2N3O/c21-17-9-4-10-18(22)19(17)23-20(26)25-14-12-24(13-15-25)11-5-8-16-6-2-1-3-7-16/h1-10H,11-15H2,(H,23,26). The molecule has 2 aromatic rings. The van der Waals surface area contributed by atoms with Crippen molar-refractivity contribution >= 4 is 17.8 Å². The maximum atomic E-state index is 13.6. The Kier molecular flexibility index (Phi) is 5.96. The van der Waals surface area contributed by atoms with Gasteiger partial charge in [-0.05, 0) is 17.7 Å². The number of piperazine rings is 1. The molecule has 1 aliphatic rings. The number of hydrogen-bond donors (Lipinski definition) is 1. The summed E-state index contributed by atoms with van der Waals surface area (Å²) in [6.07, 6.45) is 4.17. The first-order valence-corrected chi connectivity index (χ1v) is 8.57. The van der Waals surface area contributed by atoms with Gasteiger partial charge in [-0.3, -0.25) is 4.90 Å². The zero-order chi connectivity index (χ0) is 18.4. The third-order valence-electron chi connectivity index (χ3n) is 4.33. The van der Waals surface area contributed by atoms with E-state index in [-0.39, 0.29) is 0 Å². The molecule has 136 valence electrons. The highest BCUT2D eigenvalue weighted by atomic mass is 19.1. The fourth-order valence-corrected chi connectivity index (χ4v) is 2.84. The van der Waals surface area contributed by atoms with Gasteiger partial charge in [0.15, 0.2) is 0 Å². The highest BCUT2D eigenvalue weighted by molar-refractivity contribution is 5.89. The second-order valence-electron chi connectivity index (χ2n) is 6.13. The number of amides is 2. The fourth-order valence-electron chi connectivity index (χ4n) is 2.84. The Labute approximate surface area is 151 Å². The van der Waals surface area contributed by atoms with Crippen molar-refractivity contribution in [2.75, 3.05) is 38.0 Å². The van der Waals surface area contributed by atoms with Crippen LogP contribution in [0.3, 0.4) is 0 Å². The zero-order valence-electron chi connectivity index (χ0n) is 14.4. The second kappa shape index (κ2) is 8.58. The number of benzene rings is 2. The number of para-hydroxylation sites is 1. The van der Waals surface area contributed by atoms with Gasteiger partial charge in [0.25, 0.3) is 0 Å². The van der Waals surface area contributed by atoms with Gasteiger partial charge in [0.05, 0.1) is 0 Å². The van der Waals surface area contributed by atoms with Crippen LogP contribution in [0.25, 0.3) is 6.08 Å². The maximum absolute atomic E-state index is 13.6.